The van der Waals surface area contributed by atoms with Crippen LogP contribution in [0.25, 0.3) is 0 Å². The van der Waals surface area contributed by atoms with E-state index in [-0.39, 0.29) is 11.6 Å². The van der Waals surface area contributed by atoms with Crippen molar-refractivity contribution < 1.29 is 9.53 Å². The van der Waals surface area contributed by atoms with Gasteiger partial charge in [-0.1, -0.05) is 30.3 Å². The lowest BCUT2D eigenvalue weighted by molar-refractivity contribution is -0.154. The summed E-state index contributed by atoms with van der Waals surface area (Å²) in [6, 6.07) is 10.2. The summed E-state index contributed by atoms with van der Waals surface area (Å²) in [5.41, 5.74) is 0.898. The van der Waals surface area contributed by atoms with Gasteiger partial charge < -0.3 is 4.74 Å². The summed E-state index contributed by atoms with van der Waals surface area (Å²) in [6.07, 6.45) is 2.27. The van der Waals surface area contributed by atoms with Crippen molar-refractivity contribution in [1.82, 2.24) is 0 Å². The molecule has 0 atom stereocenters. The van der Waals surface area contributed by atoms with Gasteiger partial charge in [0.25, 0.3) is 0 Å². The molecule has 0 N–H and O–H groups in total. The summed E-state index contributed by atoms with van der Waals surface area (Å²) in [6.45, 7) is 5.67. The molecule has 1 aromatic carbocycles. The van der Waals surface area contributed by atoms with E-state index in [1.807, 2.05) is 39.0 Å². The van der Waals surface area contributed by atoms with Crippen molar-refractivity contribution in [2.45, 2.75) is 45.6 Å². The number of benzene rings is 1. The standard InChI is InChI=1S/C14H20O2/c1-14(2,3)16-13(15)11-7-10-12-8-5-4-6-9-12/h4-6,8-9H,7,10-11H2,1-3H3. The lowest BCUT2D eigenvalue weighted by Crippen LogP contribution is -2.23. The van der Waals surface area contributed by atoms with Crippen LogP contribution in [0.15, 0.2) is 30.3 Å². The second kappa shape index (κ2) is 5.69. The number of esters is 1. The van der Waals surface area contributed by atoms with E-state index in [4.69, 9.17) is 4.74 Å². The minimum atomic E-state index is -0.371. The summed E-state index contributed by atoms with van der Waals surface area (Å²) in [5.74, 6) is -0.108. The van der Waals surface area contributed by atoms with Crippen LogP contribution >= 0.6 is 0 Å². The Morgan fingerprint density at radius 3 is 2.38 bits per heavy atom. The number of carbonyl (C=O) groups excluding carboxylic acids is 1. The highest BCUT2D eigenvalue weighted by Gasteiger charge is 2.15. The molecule has 0 bridgehead atoms. The maximum absolute atomic E-state index is 11.4. The van der Waals surface area contributed by atoms with Crippen molar-refractivity contribution in [3.63, 3.8) is 0 Å². The fourth-order valence-electron chi connectivity index (χ4n) is 1.47. The largest absolute Gasteiger partial charge is 0.460 e. The topological polar surface area (TPSA) is 26.3 Å². The van der Waals surface area contributed by atoms with Crippen LogP contribution in [0.5, 0.6) is 0 Å². The van der Waals surface area contributed by atoms with Crippen molar-refractivity contribution >= 4 is 5.97 Å². The number of aryl methyl sites for hydroxylation is 1. The van der Waals surface area contributed by atoms with Gasteiger partial charge >= 0.3 is 5.97 Å². The van der Waals surface area contributed by atoms with Crippen LogP contribution in [-0.4, -0.2) is 11.6 Å². The smallest absolute Gasteiger partial charge is 0.306 e. The highest BCUT2D eigenvalue weighted by Crippen LogP contribution is 2.10. The van der Waals surface area contributed by atoms with Gasteiger partial charge in [0, 0.05) is 6.42 Å². The predicted octanol–water partition coefficient (Wildman–Crippen LogP) is 3.35. The molecule has 0 radical (unpaired) electrons. The average Bonchev–Trinajstić information content (AvgIpc) is 2.16. The van der Waals surface area contributed by atoms with Gasteiger partial charge in [0.15, 0.2) is 0 Å². The highest BCUT2D eigenvalue weighted by atomic mass is 16.6. The van der Waals surface area contributed by atoms with Crippen LogP contribution in [0.1, 0.15) is 39.2 Å². The lowest BCUT2D eigenvalue weighted by Gasteiger charge is -2.19. The van der Waals surface area contributed by atoms with Gasteiger partial charge in [0.05, 0.1) is 0 Å². The van der Waals surface area contributed by atoms with E-state index in [2.05, 4.69) is 12.1 Å². The van der Waals surface area contributed by atoms with E-state index in [1.54, 1.807) is 0 Å². The zero-order valence-electron chi connectivity index (χ0n) is 10.3. The lowest BCUT2D eigenvalue weighted by atomic mass is 10.1. The zero-order chi connectivity index (χ0) is 12.0. The minimum Gasteiger partial charge on any atom is -0.460 e. The van der Waals surface area contributed by atoms with Gasteiger partial charge in [-0.3, -0.25) is 4.79 Å². The SMILES string of the molecule is CC(C)(C)OC(=O)CCCc1ccccc1. The van der Waals surface area contributed by atoms with Crippen molar-refractivity contribution in [2.75, 3.05) is 0 Å². The maximum atomic E-state index is 11.4. The molecule has 88 valence electrons. The van der Waals surface area contributed by atoms with Gasteiger partial charge in [0.2, 0.25) is 0 Å². The third kappa shape index (κ3) is 5.54. The number of hydrogen-bond acceptors (Lipinski definition) is 2. The number of rotatable bonds is 4. The first-order valence-corrected chi connectivity index (χ1v) is 5.73. The molecule has 0 saturated heterocycles. The highest BCUT2D eigenvalue weighted by molar-refractivity contribution is 5.69. The van der Waals surface area contributed by atoms with Crippen LogP contribution in [0.4, 0.5) is 0 Å². The third-order valence-electron chi connectivity index (χ3n) is 2.11. The molecule has 0 spiro atoms. The summed E-state index contributed by atoms with van der Waals surface area (Å²) < 4.78 is 5.24. The van der Waals surface area contributed by atoms with Gasteiger partial charge in [0.1, 0.15) is 5.60 Å². The van der Waals surface area contributed by atoms with Gasteiger partial charge in [-0.25, -0.2) is 0 Å². The van der Waals surface area contributed by atoms with Crippen molar-refractivity contribution in [2.24, 2.45) is 0 Å². The second-order valence-corrected chi connectivity index (χ2v) is 4.93. The molecule has 0 aliphatic rings. The number of hydrogen-bond donors (Lipinski definition) is 0. The Kier molecular flexibility index (Phi) is 4.53. The van der Waals surface area contributed by atoms with Crippen molar-refractivity contribution in [3.8, 4) is 0 Å². The monoisotopic (exact) mass is 220 g/mol. The molecule has 0 aliphatic heterocycles. The van der Waals surface area contributed by atoms with E-state index in [1.165, 1.54) is 5.56 Å². The Morgan fingerprint density at radius 2 is 1.81 bits per heavy atom. The maximum Gasteiger partial charge on any atom is 0.306 e. The van der Waals surface area contributed by atoms with E-state index in [9.17, 15) is 4.79 Å². The molecule has 0 aromatic heterocycles. The second-order valence-electron chi connectivity index (χ2n) is 4.93. The minimum absolute atomic E-state index is 0.108. The molecule has 0 saturated carbocycles. The number of ether oxygens (including phenoxy) is 1. The molecule has 0 fully saturated rings. The first kappa shape index (κ1) is 12.8. The molecular formula is C14H20O2. The third-order valence-corrected chi connectivity index (χ3v) is 2.11. The zero-order valence-corrected chi connectivity index (χ0v) is 10.3. The van der Waals surface area contributed by atoms with Gasteiger partial charge in [-0.15, -0.1) is 0 Å². The van der Waals surface area contributed by atoms with Crippen LogP contribution in [-0.2, 0) is 16.0 Å². The molecule has 0 aliphatic carbocycles. The van der Waals surface area contributed by atoms with Crippen LogP contribution < -0.4 is 0 Å². The molecular weight excluding hydrogens is 200 g/mol. The molecule has 16 heavy (non-hydrogen) atoms. The first-order chi connectivity index (χ1) is 7.47. The van der Waals surface area contributed by atoms with Gasteiger partial charge in [-0.05, 0) is 39.2 Å². The Bertz CT molecular complexity index is 322. The van der Waals surface area contributed by atoms with Gasteiger partial charge in [-0.2, -0.15) is 0 Å². The van der Waals surface area contributed by atoms with Crippen LogP contribution in [0.3, 0.4) is 0 Å². The quantitative estimate of drug-likeness (QED) is 0.727. The molecule has 0 heterocycles. The molecule has 1 rings (SSSR count). The van der Waals surface area contributed by atoms with E-state index in [0.717, 1.165) is 12.8 Å². The summed E-state index contributed by atoms with van der Waals surface area (Å²) >= 11 is 0. The van der Waals surface area contributed by atoms with Crippen LogP contribution in [0, 0.1) is 0 Å². The fourth-order valence-corrected chi connectivity index (χ4v) is 1.47. The first-order valence-electron chi connectivity index (χ1n) is 5.73. The summed E-state index contributed by atoms with van der Waals surface area (Å²) in [4.78, 5) is 11.4. The van der Waals surface area contributed by atoms with Crippen LogP contribution in [0.2, 0.25) is 0 Å². The Balaban J connectivity index is 2.24. The molecule has 0 unspecified atom stereocenters. The summed E-state index contributed by atoms with van der Waals surface area (Å²) in [7, 11) is 0. The fraction of sp³-hybridized carbons (Fsp3) is 0.500. The molecule has 2 nitrogen and oxygen atoms in total. The molecule has 0 amide bonds. The van der Waals surface area contributed by atoms with Crippen molar-refractivity contribution in [1.29, 1.82) is 0 Å². The van der Waals surface area contributed by atoms with E-state index in [0.29, 0.717) is 6.42 Å². The molecule has 1 aromatic rings. The Labute approximate surface area is 97.6 Å². The average molecular weight is 220 g/mol. The molecule has 2 heteroatoms. The van der Waals surface area contributed by atoms with E-state index >= 15 is 0 Å². The number of carbonyl (C=O) groups is 1. The predicted molar refractivity (Wildman–Crippen MR) is 65.2 cm³/mol. The summed E-state index contributed by atoms with van der Waals surface area (Å²) in [5, 5.41) is 0. The Morgan fingerprint density at radius 1 is 1.19 bits per heavy atom. The van der Waals surface area contributed by atoms with Crippen molar-refractivity contribution in [3.05, 3.63) is 35.9 Å². The Hall–Kier alpha value is -1.31. The van der Waals surface area contributed by atoms with E-state index < -0.39 is 0 Å². The normalized spacial score (nSPS) is 11.2.